The molecule has 0 fully saturated rings. The fourth-order valence-corrected chi connectivity index (χ4v) is 1.19. The van der Waals surface area contributed by atoms with E-state index in [2.05, 4.69) is 5.32 Å². The number of halogens is 3. The SMILES string of the molecule is NCCNc1cc([N+](=O)[O-])ccc1C(=O)O.O=C(O)C(F)(F)F. The molecule has 12 heteroatoms. The first kappa shape index (κ1) is 20.1. The Balaban J connectivity index is 0.000000585. The minimum atomic E-state index is -5.08. The summed E-state index contributed by atoms with van der Waals surface area (Å²) in [5, 5.41) is 29.2. The highest BCUT2D eigenvalue weighted by molar-refractivity contribution is 5.94. The smallest absolute Gasteiger partial charge is 0.478 e. The quantitative estimate of drug-likeness (QED) is 0.462. The van der Waals surface area contributed by atoms with Gasteiger partial charge >= 0.3 is 18.1 Å². The zero-order valence-corrected chi connectivity index (χ0v) is 11.3. The third-order valence-corrected chi connectivity index (χ3v) is 2.15. The maximum atomic E-state index is 10.8. The van der Waals surface area contributed by atoms with E-state index in [0.29, 0.717) is 13.1 Å². The lowest BCUT2D eigenvalue weighted by atomic mass is 10.1. The van der Waals surface area contributed by atoms with Gasteiger partial charge in [-0.05, 0) is 6.07 Å². The Morgan fingerprint density at radius 3 is 2.17 bits per heavy atom. The van der Waals surface area contributed by atoms with Gasteiger partial charge in [0.25, 0.3) is 5.69 Å². The molecule has 0 radical (unpaired) electrons. The normalized spacial score (nSPS) is 10.3. The highest BCUT2D eigenvalue weighted by atomic mass is 19.4. The number of nitrogens with two attached hydrogens (primary N) is 1. The van der Waals surface area contributed by atoms with Crippen molar-refractivity contribution in [2.24, 2.45) is 5.73 Å². The number of nitro benzene ring substituents is 1. The number of carboxylic acid groups (broad SMARTS) is 2. The van der Waals surface area contributed by atoms with Crippen molar-refractivity contribution in [1.82, 2.24) is 0 Å². The fourth-order valence-electron chi connectivity index (χ4n) is 1.19. The molecular formula is C11H12F3N3O6. The first-order chi connectivity index (χ1) is 10.5. The molecule has 0 atom stereocenters. The fraction of sp³-hybridized carbons (Fsp3) is 0.273. The van der Waals surface area contributed by atoms with Crippen molar-refractivity contribution in [2.75, 3.05) is 18.4 Å². The highest BCUT2D eigenvalue weighted by Crippen LogP contribution is 2.22. The number of nitro groups is 1. The molecule has 1 aromatic rings. The van der Waals surface area contributed by atoms with E-state index in [1.54, 1.807) is 0 Å². The van der Waals surface area contributed by atoms with Crippen molar-refractivity contribution < 1.29 is 37.9 Å². The summed E-state index contributed by atoms with van der Waals surface area (Å²) in [5.74, 6) is -3.90. The van der Waals surface area contributed by atoms with E-state index >= 15 is 0 Å². The number of hydrogen-bond acceptors (Lipinski definition) is 6. The Kier molecular flexibility index (Phi) is 7.46. The highest BCUT2D eigenvalue weighted by Gasteiger charge is 2.38. The number of anilines is 1. The molecule has 1 aromatic carbocycles. The number of aliphatic carboxylic acids is 1. The minimum absolute atomic E-state index is 0.0148. The topological polar surface area (TPSA) is 156 Å². The number of aromatic carboxylic acids is 1. The van der Waals surface area contributed by atoms with Crippen molar-refractivity contribution in [2.45, 2.75) is 6.18 Å². The van der Waals surface area contributed by atoms with Crippen LogP contribution in [0.3, 0.4) is 0 Å². The molecule has 0 heterocycles. The molecule has 0 amide bonds. The molecule has 0 aliphatic rings. The van der Waals surface area contributed by atoms with Gasteiger partial charge in [0.05, 0.1) is 16.2 Å². The third-order valence-electron chi connectivity index (χ3n) is 2.15. The molecule has 0 aromatic heterocycles. The van der Waals surface area contributed by atoms with E-state index in [9.17, 15) is 28.1 Å². The van der Waals surface area contributed by atoms with Gasteiger partial charge < -0.3 is 21.3 Å². The van der Waals surface area contributed by atoms with E-state index in [-0.39, 0.29) is 16.9 Å². The van der Waals surface area contributed by atoms with Gasteiger partial charge in [-0.15, -0.1) is 0 Å². The summed E-state index contributed by atoms with van der Waals surface area (Å²) in [6.45, 7) is 0.656. The molecule has 0 bridgehead atoms. The molecule has 1 rings (SSSR count). The van der Waals surface area contributed by atoms with Gasteiger partial charge in [0, 0.05) is 25.2 Å². The van der Waals surface area contributed by atoms with Gasteiger partial charge in [-0.2, -0.15) is 13.2 Å². The number of hydrogen-bond donors (Lipinski definition) is 4. The molecule has 5 N–H and O–H groups in total. The van der Waals surface area contributed by atoms with Crippen LogP contribution in [-0.4, -0.2) is 46.3 Å². The summed E-state index contributed by atoms with van der Waals surface area (Å²) in [7, 11) is 0. The maximum Gasteiger partial charge on any atom is 0.490 e. The number of carboxylic acids is 2. The predicted molar refractivity (Wildman–Crippen MR) is 71.3 cm³/mol. The van der Waals surface area contributed by atoms with Crippen molar-refractivity contribution >= 4 is 23.3 Å². The Bertz CT molecular complexity index is 591. The lowest BCUT2D eigenvalue weighted by Crippen LogP contribution is -2.21. The summed E-state index contributed by atoms with van der Waals surface area (Å²) >= 11 is 0. The average Bonchev–Trinajstić information content (AvgIpc) is 2.44. The summed E-state index contributed by atoms with van der Waals surface area (Å²) < 4.78 is 31.7. The van der Waals surface area contributed by atoms with E-state index < -0.39 is 23.0 Å². The maximum absolute atomic E-state index is 10.8. The second-order valence-corrected chi connectivity index (χ2v) is 3.81. The molecule has 23 heavy (non-hydrogen) atoms. The molecule has 0 saturated carbocycles. The van der Waals surface area contributed by atoms with Gasteiger partial charge in [-0.25, -0.2) is 9.59 Å². The largest absolute Gasteiger partial charge is 0.490 e. The number of alkyl halides is 3. The molecular weight excluding hydrogens is 327 g/mol. The summed E-state index contributed by atoms with van der Waals surface area (Å²) in [5.41, 5.74) is 5.28. The Hall–Kier alpha value is -2.89. The van der Waals surface area contributed by atoms with E-state index in [1.807, 2.05) is 0 Å². The van der Waals surface area contributed by atoms with Crippen molar-refractivity contribution in [1.29, 1.82) is 0 Å². The summed E-state index contributed by atoms with van der Waals surface area (Å²) in [4.78, 5) is 29.7. The Morgan fingerprint density at radius 1 is 1.30 bits per heavy atom. The van der Waals surface area contributed by atoms with Crippen LogP contribution in [0.4, 0.5) is 24.5 Å². The Morgan fingerprint density at radius 2 is 1.83 bits per heavy atom. The van der Waals surface area contributed by atoms with Gasteiger partial charge in [-0.1, -0.05) is 0 Å². The molecule has 128 valence electrons. The van der Waals surface area contributed by atoms with Crippen LogP contribution in [0.2, 0.25) is 0 Å². The first-order valence-corrected chi connectivity index (χ1v) is 5.76. The molecule has 9 nitrogen and oxygen atoms in total. The lowest BCUT2D eigenvalue weighted by Gasteiger charge is -2.07. The zero-order valence-electron chi connectivity index (χ0n) is 11.3. The van der Waals surface area contributed by atoms with Gasteiger partial charge in [-0.3, -0.25) is 10.1 Å². The van der Waals surface area contributed by atoms with Crippen molar-refractivity contribution in [3.63, 3.8) is 0 Å². The molecule has 0 aliphatic heterocycles. The molecule has 0 unspecified atom stereocenters. The average molecular weight is 339 g/mol. The molecule has 0 spiro atoms. The van der Waals surface area contributed by atoms with Crippen LogP contribution in [0.25, 0.3) is 0 Å². The second kappa shape index (κ2) is 8.53. The summed E-state index contributed by atoms with van der Waals surface area (Å²) in [6.07, 6.45) is -5.08. The van der Waals surface area contributed by atoms with Crippen LogP contribution in [0.5, 0.6) is 0 Å². The predicted octanol–water partition coefficient (Wildman–Crippen LogP) is 1.30. The minimum Gasteiger partial charge on any atom is -0.478 e. The standard InChI is InChI=1S/C9H11N3O4.C2HF3O2/c10-3-4-11-8-5-6(12(15)16)1-2-7(8)9(13)14;3-2(4,5)1(6)7/h1-2,5,11H,3-4,10H2,(H,13,14);(H,6,7). The van der Waals surface area contributed by atoms with Gasteiger partial charge in [0.2, 0.25) is 0 Å². The van der Waals surface area contributed by atoms with Crippen LogP contribution in [0.1, 0.15) is 10.4 Å². The lowest BCUT2D eigenvalue weighted by molar-refractivity contribution is -0.384. The Labute approximate surface area is 126 Å². The summed E-state index contributed by atoms with van der Waals surface area (Å²) in [6, 6.07) is 3.52. The first-order valence-electron chi connectivity index (χ1n) is 5.76. The number of benzene rings is 1. The monoisotopic (exact) mass is 339 g/mol. The number of nitrogens with one attached hydrogen (secondary N) is 1. The van der Waals surface area contributed by atoms with Gasteiger partial charge in [0.15, 0.2) is 0 Å². The van der Waals surface area contributed by atoms with Gasteiger partial charge in [0.1, 0.15) is 0 Å². The van der Waals surface area contributed by atoms with Crippen molar-refractivity contribution in [3.05, 3.63) is 33.9 Å². The number of rotatable bonds is 5. The van der Waals surface area contributed by atoms with Crippen LogP contribution in [-0.2, 0) is 4.79 Å². The molecule has 0 saturated heterocycles. The van der Waals surface area contributed by atoms with E-state index in [0.717, 1.165) is 6.07 Å². The van der Waals surface area contributed by atoms with Crippen LogP contribution >= 0.6 is 0 Å². The van der Waals surface area contributed by atoms with Crippen LogP contribution in [0.15, 0.2) is 18.2 Å². The number of nitrogens with zero attached hydrogens (tertiary/aromatic N) is 1. The van der Waals surface area contributed by atoms with Crippen LogP contribution in [0, 0.1) is 10.1 Å². The second-order valence-electron chi connectivity index (χ2n) is 3.81. The van der Waals surface area contributed by atoms with Crippen LogP contribution < -0.4 is 11.1 Å². The van der Waals surface area contributed by atoms with E-state index in [4.69, 9.17) is 20.7 Å². The molecule has 0 aliphatic carbocycles. The number of non-ortho nitro benzene ring substituents is 1. The number of carbonyl (C=O) groups is 2. The third kappa shape index (κ3) is 7.08. The van der Waals surface area contributed by atoms with E-state index in [1.165, 1.54) is 12.1 Å². The van der Waals surface area contributed by atoms with Crippen molar-refractivity contribution in [3.8, 4) is 0 Å². The zero-order chi connectivity index (χ0) is 18.2.